The number of primary amides is 1. The van der Waals surface area contributed by atoms with Crippen molar-refractivity contribution >= 4 is 11.9 Å². The van der Waals surface area contributed by atoms with Crippen LogP contribution in [0.1, 0.15) is 20.7 Å². The Morgan fingerprint density at radius 2 is 2.00 bits per heavy atom. The van der Waals surface area contributed by atoms with Crippen molar-refractivity contribution in [2.75, 3.05) is 0 Å². The smallest absolute Gasteiger partial charge is 0.252 e. The number of halogens is 1. The lowest BCUT2D eigenvalue weighted by Gasteiger charge is -2.07. The van der Waals surface area contributed by atoms with Gasteiger partial charge in [-0.1, -0.05) is 12.1 Å². The molecule has 0 spiro atoms. The second kappa shape index (κ2) is 3.22. The molecule has 0 saturated carbocycles. The number of carbonyl (C=O) groups is 2. The van der Waals surface area contributed by atoms with E-state index < -0.39 is 28.8 Å². The van der Waals surface area contributed by atoms with Gasteiger partial charge in [-0.2, -0.15) is 0 Å². The molecule has 0 atom stereocenters. The molecule has 1 aromatic rings. The normalized spacial score (nSPS) is 9.62. The van der Waals surface area contributed by atoms with Gasteiger partial charge in [0.25, 0.3) is 5.91 Å². The largest absolute Gasteiger partial charge is 0.545 e. The van der Waals surface area contributed by atoms with Crippen LogP contribution in [-0.2, 0) is 0 Å². The zero-order valence-corrected chi connectivity index (χ0v) is 6.41. The monoisotopic (exact) mass is 182 g/mol. The molecule has 68 valence electrons. The molecule has 4 nitrogen and oxygen atoms in total. The number of benzene rings is 1. The van der Waals surface area contributed by atoms with Crippen molar-refractivity contribution in [2.45, 2.75) is 0 Å². The lowest BCUT2D eigenvalue weighted by Crippen LogP contribution is -2.27. The maximum absolute atomic E-state index is 12.9. The summed E-state index contributed by atoms with van der Waals surface area (Å²) in [4.78, 5) is 21.0. The van der Waals surface area contributed by atoms with E-state index in [1.165, 1.54) is 0 Å². The van der Waals surface area contributed by atoms with Gasteiger partial charge < -0.3 is 15.6 Å². The van der Waals surface area contributed by atoms with Crippen molar-refractivity contribution in [3.8, 4) is 0 Å². The van der Waals surface area contributed by atoms with Crippen LogP contribution in [0.4, 0.5) is 4.39 Å². The first-order valence-electron chi connectivity index (χ1n) is 3.33. The summed E-state index contributed by atoms with van der Waals surface area (Å²) in [7, 11) is 0. The Morgan fingerprint density at radius 1 is 1.38 bits per heavy atom. The molecule has 0 aromatic heterocycles. The zero-order valence-electron chi connectivity index (χ0n) is 6.41. The zero-order chi connectivity index (χ0) is 10.0. The molecule has 0 fully saturated rings. The predicted octanol–water partition coefficient (Wildman–Crippen LogP) is -0.712. The van der Waals surface area contributed by atoms with E-state index in [2.05, 4.69) is 0 Å². The van der Waals surface area contributed by atoms with Crippen LogP contribution in [0.25, 0.3) is 0 Å². The molecule has 0 radical (unpaired) electrons. The van der Waals surface area contributed by atoms with Crippen LogP contribution in [0.2, 0.25) is 0 Å². The molecular formula is C8H5FNO3-. The van der Waals surface area contributed by atoms with Crippen LogP contribution in [0.3, 0.4) is 0 Å². The number of hydrogen-bond donors (Lipinski definition) is 1. The molecule has 5 heteroatoms. The highest BCUT2D eigenvalue weighted by Gasteiger charge is 2.13. The minimum atomic E-state index is -1.63. The molecule has 2 N–H and O–H groups in total. The van der Waals surface area contributed by atoms with E-state index in [4.69, 9.17) is 5.73 Å². The molecule has 0 saturated heterocycles. The van der Waals surface area contributed by atoms with Crippen molar-refractivity contribution in [3.63, 3.8) is 0 Å². The van der Waals surface area contributed by atoms with Crippen molar-refractivity contribution < 1.29 is 19.1 Å². The van der Waals surface area contributed by atoms with Crippen LogP contribution in [0, 0.1) is 5.82 Å². The van der Waals surface area contributed by atoms with Crippen LogP contribution < -0.4 is 10.8 Å². The number of nitrogens with two attached hydrogens (primary N) is 1. The standard InChI is InChI=1S/C8H6FNO3/c9-5-3-1-2-4(8(12)13)6(5)7(10)11/h1-3H,(H2,10,11)(H,12,13)/p-1. The van der Waals surface area contributed by atoms with Gasteiger partial charge in [0.05, 0.1) is 11.5 Å². The third kappa shape index (κ3) is 1.64. The quantitative estimate of drug-likeness (QED) is 0.655. The number of aromatic carboxylic acids is 1. The molecule has 1 rings (SSSR count). The third-order valence-corrected chi connectivity index (χ3v) is 1.48. The average molecular weight is 182 g/mol. The van der Waals surface area contributed by atoms with E-state index in [0.29, 0.717) is 0 Å². The molecule has 0 aliphatic carbocycles. The molecule has 1 amide bonds. The fourth-order valence-electron chi connectivity index (χ4n) is 0.945. The van der Waals surface area contributed by atoms with E-state index in [0.717, 1.165) is 18.2 Å². The number of carboxylic acid groups (broad SMARTS) is 1. The maximum atomic E-state index is 12.9. The Kier molecular flexibility index (Phi) is 2.27. The summed E-state index contributed by atoms with van der Waals surface area (Å²) in [6, 6.07) is 3.16. The predicted molar refractivity (Wildman–Crippen MR) is 39.2 cm³/mol. The molecule has 0 heterocycles. The Labute approximate surface area is 72.8 Å². The summed E-state index contributed by atoms with van der Waals surface area (Å²) in [6.45, 7) is 0. The Hall–Kier alpha value is -1.91. The molecule has 13 heavy (non-hydrogen) atoms. The summed E-state index contributed by atoms with van der Waals surface area (Å²) < 4.78 is 12.9. The Bertz CT molecular complexity index is 376. The lowest BCUT2D eigenvalue weighted by atomic mass is 10.1. The Balaban J connectivity index is 3.43. The van der Waals surface area contributed by atoms with Gasteiger partial charge >= 0.3 is 0 Å². The maximum Gasteiger partial charge on any atom is 0.252 e. The van der Waals surface area contributed by atoms with Crippen LogP contribution in [0.15, 0.2) is 18.2 Å². The summed E-state index contributed by atoms with van der Waals surface area (Å²) in [6.07, 6.45) is 0. The van der Waals surface area contributed by atoms with Gasteiger partial charge in [-0.05, 0) is 6.07 Å². The van der Waals surface area contributed by atoms with Gasteiger partial charge in [0.1, 0.15) is 5.82 Å². The molecule has 0 aliphatic heterocycles. The van der Waals surface area contributed by atoms with Gasteiger partial charge in [-0.3, -0.25) is 4.79 Å². The van der Waals surface area contributed by atoms with Gasteiger partial charge in [0.2, 0.25) is 0 Å². The number of rotatable bonds is 2. The van der Waals surface area contributed by atoms with Crippen molar-refractivity contribution in [3.05, 3.63) is 35.1 Å². The molecule has 0 aliphatic rings. The van der Waals surface area contributed by atoms with E-state index in [1.54, 1.807) is 0 Å². The van der Waals surface area contributed by atoms with Crippen molar-refractivity contribution in [1.82, 2.24) is 0 Å². The minimum absolute atomic E-state index is 0.535. The van der Waals surface area contributed by atoms with Crippen LogP contribution in [0.5, 0.6) is 0 Å². The molecule has 0 unspecified atom stereocenters. The summed E-state index contributed by atoms with van der Waals surface area (Å²) in [5.74, 6) is -3.72. The van der Waals surface area contributed by atoms with Crippen LogP contribution >= 0.6 is 0 Å². The Morgan fingerprint density at radius 3 is 2.38 bits per heavy atom. The lowest BCUT2D eigenvalue weighted by molar-refractivity contribution is -0.255. The van der Waals surface area contributed by atoms with Gasteiger partial charge in [0.15, 0.2) is 0 Å². The molecular weight excluding hydrogens is 177 g/mol. The highest BCUT2D eigenvalue weighted by Crippen LogP contribution is 2.11. The SMILES string of the molecule is NC(=O)c1c(F)cccc1C(=O)[O-]. The van der Waals surface area contributed by atoms with E-state index in [-0.39, 0.29) is 0 Å². The number of carbonyl (C=O) groups excluding carboxylic acids is 2. The van der Waals surface area contributed by atoms with Gasteiger partial charge in [-0.25, -0.2) is 4.39 Å². The van der Waals surface area contributed by atoms with E-state index >= 15 is 0 Å². The van der Waals surface area contributed by atoms with Gasteiger partial charge in [-0.15, -0.1) is 0 Å². The van der Waals surface area contributed by atoms with E-state index in [1.807, 2.05) is 0 Å². The number of carboxylic acids is 1. The summed E-state index contributed by atoms with van der Waals surface area (Å²) >= 11 is 0. The first-order chi connectivity index (χ1) is 6.04. The highest BCUT2D eigenvalue weighted by atomic mass is 19.1. The first-order valence-corrected chi connectivity index (χ1v) is 3.33. The topological polar surface area (TPSA) is 83.2 Å². The van der Waals surface area contributed by atoms with E-state index in [9.17, 15) is 19.1 Å². The number of hydrogen-bond acceptors (Lipinski definition) is 3. The minimum Gasteiger partial charge on any atom is -0.545 e. The van der Waals surface area contributed by atoms with Gasteiger partial charge in [0, 0.05) is 5.56 Å². The fraction of sp³-hybridized carbons (Fsp3) is 0. The summed E-state index contributed by atoms with van der Waals surface area (Å²) in [5.41, 5.74) is 3.60. The highest BCUT2D eigenvalue weighted by molar-refractivity contribution is 6.03. The molecule has 1 aromatic carbocycles. The average Bonchev–Trinajstić information content (AvgIpc) is 2.02. The fourth-order valence-corrected chi connectivity index (χ4v) is 0.945. The van der Waals surface area contributed by atoms with Crippen molar-refractivity contribution in [1.29, 1.82) is 0 Å². The second-order valence-electron chi connectivity index (χ2n) is 2.31. The van der Waals surface area contributed by atoms with Crippen LogP contribution in [-0.4, -0.2) is 11.9 Å². The third-order valence-electron chi connectivity index (χ3n) is 1.48. The first kappa shape index (κ1) is 9.18. The second-order valence-corrected chi connectivity index (χ2v) is 2.31. The number of amides is 1. The summed E-state index contributed by atoms with van der Waals surface area (Å²) in [5, 5.41) is 10.4. The molecule has 0 bridgehead atoms. The van der Waals surface area contributed by atoms with Crippen molar-refractivity contribution in [2.24, 2.45) is 5.73 Å².